The molecule has 0 bridgehead atoms. The van der Waals surface area contributed by atoms with Gasteiger partial charge in [0.15, 0.2) is 0 Å². The lowest BCUT2D eigenvalue weighted by molar-refractivity contribution is -0.136. The first kappa shape index (κ1) is 11.3. The normalized spacial score (nSPS) is 11.3. The van der Waals surface area contributed by atoms with Crippen molar-refractivity contribution in [3.63, 3.8) is 0 Å². The molecule has 5 heteroatoms. The maximum Gasteiger partial charge on any atom is 0.337 e. The molecule has 0 radical (unpaired) electrons. The monoisotopic (exact) mass is 210 g/mol. The second-order valence-corrected chi connectivity index (χ2v) is 3.07. The number of ether oxygens (including phenoxy) is 2. The van der Waals surface area contributed by atoms with Crippen LogP contribution in [-0.4, -0.2) is 30.0 Å². The molecule has 1 aromatic heterocycles. The predicted molar refractivity (Wildman–Crippen MR) is 54.0 cm³/mol. The molecular weight excluding hydrogens is 196 g/mol. The summed E-state index contributed by atoms with van der Waals surface area (Å²) in [6.45, 7) is 0. The zero-order valence-electron chi connectivity index (χ0n) is 9.06. The van der Waals surface area contributed by atoms with E-state index >= 15 is 0 Å². The van der Waals surface area contributed by atoms with Crippen LogP contribution in [0.15, 0.2) is 24.2 Å². The number of carbonyl (C=O) groups excluding carboxylic acids is 1. The molecule has 0 aliphatic rings. The third-order valence-corrected chi connectivity index (χ3v) is 1.86. The van der Waals surface area contributed by atoms with Crippen LogP contribution < -0.4 is 0 Å². The molecule has 5 nitrogen and oxygen atoms in total. The highest BCUT2D eigenvalue weighted by Gasteiger charge is 2.11. The van der Waals surface area contributed by atoms with Gasteiger partial charge in [-0.2, -0.15) is 5.10 Å². The van der Waals surface area contributed by atoms with Crippen molar-refractivity contribution >= 4 is 5.97 Å². The molecule has 0 atom stereocenters. The Labute approximate surface area is 88.3 Å². The summed E-state index contributed by atoms with van der Waals surface area (Å²) in [5, 5.41) is 4.01. The van der Waals surface area contributed by atoms with Gasteiger partial charge in [-0.1, -0.05) is 0 Å². The fourth-order valence-electron chi connectivity index (χ4n) is 1.22. The molecule has 0 spiro atoms. The molecule has 0 fully saturated rings. The first-order valence-electron chi connectivity index (χ1n) is 4.45. The summed E-state index contributed by atoms with van der Waals surface area (Å²) >= 11 is 0. The second-order valence-electron chi connectivity index (χ2n) is 3.07. The summed E-state index contributed by atoms with van der Waals surface area (Å²) in [6.07, 6.45) is 5.38. The van der Waals surface area contributed by atoms with Crippen molar-refractivity contribution in [1.29, 1.82) is 0 Å². The Kier molecular flexibility index (Phi) is 3.91. The number of methoxy groups -OCH3 is 2. The Balaban J connectivity index is 2.76. The Morgan fingerprint density at radius 3 is 2.80 bits per heavy atom. The van der Waals surface area contributed by atoms with E-state index in [-0.39, 0.29) is 5.97 Å². The average molecular weight is 210 g/mol. The van der Waals surface area contributed by atoms with Crippen LogP contribution in [0.4, 0.5) is 0 Å². The molecule has 1 aromatic rings. The van der Waals surface area contributed by atoms with Gasteiger partial charge in [0.2, 0.25) is 0 Å². The maximum absolute atomic E-state index is 11.3. The van der Waals surface area contributed by atoms with E-state index in [4.69, 9.17) is 4.74 Å². The zero-order valence-corrected chi connectivity index (χ0v) is 9.06. The minimum atomic E-state index is -0.388. The third kappa shape index (κ3) is 3.12. The second kappa shape index (κ2) is 5.19. The van der Waals surface area contributed by atoms with Crippen molar-refractivity contribution in [3.05, 3.63) is 29.8 Å². The van der Waals surface area contributed by atoms with E-state index in [0.717, 1.165) is 5.56 Å². The standard InChI is InChI=1S/C10H14N2O3/c1-12-6-8(5-11-12)4-9(7-14-2)10(13)15-3/h5-7H,4H2,1-3H3. The van der Waals surface area contributed by atoms with Crippen LogP contribution in [0.25, 0.3) is 0 Å². The highest BCUT2D eigenvalue weighted by molar-refractivity contribution is 5.88. The van der Waals surface area contributed by atoms with Gasteiger partial charge in [0.25, 0.3) is 0 Å². The summed E-state index contributed by atoms with van der Waals surface area (Å²) in [4.78, 5) is 11.3. The van der Waals surface area contributed by atoms with Gasteiger partial charge >= 0.3 is 5.97 Å². The van der Waals surface area contributed by atoms with Crippen LogP contribution in [0.3, 0.4) is 0 Å². The van der Waals surface area contributed by atoms with E-state index in [1.54, 1.807) is 10.9 Å². The third-order valence-electron chi connectivity index (χ3n) is 1.86. The smallest absolute Gasteiger partial charge is 0.337 e. The van der Waals surface area contributed by atoms with Gasteiger partial charge in [0, 0.05) is 19.7 Å². The molecule has 0 unspecified atom stereocenters. The van der Waals surface area contributed by atoms with Gasteiger partial charge in [0.05, 0.1) is 32.3 Å². The molecule has 15 heavy (non-hydrogen) atoms. The number of aryl methyl sites for hydroxylation is 1. The fraction of sp³-hybridized carbons (Fsp3) is 0.400. The summed E-state index contributed by atoms with van der Waals surface area (Å²) in [6, 6.07) is 0. The van der Waals surface area contributed by atoms with Gasteiger partial charge in [-0.15, -0.1) is 0 Å². The minimum Gasteiger partial charge on any atom is -0.504 e. The van der Waals surface area contributed by atoms with E-state index in [1.165, 1.54) is 20.5 Å². The number of hydrogen-bond acceptors (Lipinski definition) is 4. The molecule has 82 valence electrons. The van der Waals surface area contributed by atoms with Crippen LogP contribution in [0.5, 0.6) is 0 Å². The molecule has 1 rings (SSSR count). The SMILES string of the molecule is COC=C(Cc1cnn(C)c1)C(=O)OC. The Morgan fingerprint density at radius 2 is 2.33 bits per heavy atom. The van der Waals surface area contributed by atoms with Crippen LogP contribution in [0.2, 0.25) is 0 Å². The van der Waals surface area contributed by atoms with Crippen molar-refractivity contribution < 1.29 is 14.3 Å². The summed E-state index contributed by atoms with van der Waals surface area (Å²) < 4.78 is 11.1. The van der Waals surface area contributed by atoms with E-state index < -0.39 is 0 Å². The van der Waals surface area contributed by atoms with Gasteiger partial charge in [-0.05, 0) is 5.56 Å². The summed E-state index contributed by atoms with van der Waals surface area (Å²) in [5.41, 5.74) is 1.40. The van der Waals surface area contributed by atoms with Crippen LogP contribution in [0, 0.1) is 0 Å². The molecule has 0 aliphatic heterocycles. The lowest BCUT2D eigenvalue weighted by Gasteiger charge is -2.02. The van der Waals surface area contributed by atoms with Gasteiger partial charge in [-0.25, -0.2) is 4.79 Å². The molecule has 0 aliphatic carbocycles. The van der Waals surface area contributed by atoms with Crippen molar-refractivity contribution in [1.82, 2.24) is 9.78 Å². The van der Waals surface area contributed by atoms with Crippen LogP contribution in [0.1, 0.15) is 5.56 Å². The van der Waals surface area contributed by atoms with Crippen molar-refractivity contribution in [2.45, 2.75) is 6.42 Å². The van der Waals surface area contributed by atoms with E-state index in [9.17, 15) is 4.79 Å². The van der Waals surface area contributed by atoms with Crippen molar-refractivity contribution in [3.8, 4) is 0 Å². The average Bonchev–Trinajstić information content (AvgIpc) is 2.62. The highest BCUT2D eigenvalue weighted by Crippen LogP contribution is 2.08. The topological polar surface area (TPSA) is 53.4 Å². The molecule has 0 saturated carbocycles. The largest absolute Gasteiger partial charge is 0.504 e. The number of aromatic nitrogens is 2. The fourth-order valence-corrected chi connectivity index (χ4v) is 1.22. The molecule has 0 saturated heterocycles. The molecule has 0 N–H and O–H groups in total. The van der Waals surface area contributed by atoms with Crippen LogP contribution >= 0.6 is 0 Å². The predicted octanol–water partition coefficient (Wildman–Crippen LogP) is 0.666. The summed E-state index contributed by atoms with van der Waals surface area (Å²) in [7, 11) is 4.66. The number of nitrogens with zero attached hydrogens (tertiary/aromatic N) is 2. The maximum atomic E-state index is 11.3. The first-order valence-corrected chi connectivity index (χ1v) is 4.45. The lowest BCUT2D eigenvalue weighted by atomic mass is 10.1. The molecule has 0 aromatic carbocycles. The Hall–Kier alpha value is -1.78. The Bertz CT molecular complexity index is 368. The van der Waals surface area contributed by atoms with E-state index in [2.05, 4.69) is 9.84 Å². The van der Waals surface area contributed by atoms with Gasteiger partial charge in [0.1, 0.15) is 0 Å². The quantitative estimate of drug-likeness (QED) is 0.416. The van der Waals surface area contributed by atoms with Crippen molar-refractivity contribution in [2.24, 2.45) is 7.05 Å². The molecule has 1 heterocycles. The van der Waals surface area contributed by atoms with Crippen LogP contribution in [-0.2, 0) is 27.7 Å². The van der Waals surface area contributed by atoms with Gasteiger partial charge in [-0.3, -0.25) is 4.68 Å². The highest BCUT2D eigenvalue weighted by atomic mass is 16.5. The summed E-state index contributed by atoms with van der Waals surface area (Å²) in [5.74, 6) is -0.388. The first-order chi connectivity index (χ1) is 7.17. The van der Waals surface area contributed by atoms with E-state index in [0.29, 0.717) is 12.0 Å². The minimum absolute atomic E-state index is 0.388. The van der Waals surface area contributed by atoms with E-state index in [1.807, 2.05) is 13.2 Å². The van der Waals surface area contributed by atoms with Crippen molar-refractivity contribution in [2.75, 3.05) is 14.2 Å². The van der Waals surface area contributed by atoms with Gasteiger partial charge < -0.3 is 9.47 Å². The lowest BCUT2D eigenvalue weighted by Crippen LogP contribution is -2.07. The zero-order chi connectivity index (χ0) is 11.3. The number of rotatable bonds is 4. The number of esters is 1. The number of carbonyl (C=O) groups is 1. The molecule has 0 amide bonds. The molecular formula is C10H14N2O3. The Morgan fingerprint density at radius 1 is 1.60 bits per heavy atom. The number of hydrogen-bond donors (Lipinski definition) is 0.